The summed E-state index contributed by atoms with van der Waals surface area (Å²) < 4.78 is 0. The molecule has 0 aromatic carbocycles. The van der Waals surface area contributed by atoms with Gasteiger partial charge in [0, 0.05) is 25.7 Å². The number of hydrogen-bond acceptors (Lipinski definition) is 4. The molecule has 1 fully saturated rings. The number of rotatable bonds is 4. The van der Waals surface area contributed by atoms with Crippen LogP contribution in [-0.2, 0) is 6.54 Å². The van der Waals surface area contributed by atoms with Crippen molar-refractivity contribution in [3.8, 4) is 0 Å². The number of hydrogen-bond donors (Lipinski definition) is 1. The maximum absolute atomic E-state index is 4.34. The first kappa shape index (κ1) is 13.3. The molecule has 1 aliphatic rings. The summed E-state index contributed by atoms with van der Waals surface area (Å²) in [6.45, 7) is 11.9. The normalized spacial score (nSPS) is 23.9. The van der Waals surface area contributed by atoms with Gasteiger partial charge in [-0.1, -0.05) is 27.7 Å². The summed E-state index contributed by atoms with van der Waals surface area (Å²) in [6.07, 6.45) is 0. The van der Waals surface area contributed by atoms with E-state index in [4.69, 9.17) is 0 Å². The molecule has 0 spiro atoms. The molecule has 0 amide bonds. The van der Waals surface area contributed by atoms with Gasteiger partial charge in [-0.2, -0.15) is 5.10 Å². The van der Waals surface area contributed by atoms with Gasteiger partial charge in [0.1, 0.15) is 0 Å². The Kier molecular flexibility index (Phi) is 4.17. The summed E-state index contributed by atoms with van der Waals surface area (Å²) in [5.41, 5.74) is 1.01. The minimum Gasteiger partial charge on any atom is -0.355 e. The van der Waals surface area contributed by atoms with Crippen LogP contribution in [0.25, 0.3) is 0 Å². The fourth-order valence-corrected chi connectivity index (χ4v) is 2.24. The molecule has 0 radical (unpaired) electrons. The summed E-state index contributed by atoms with van der Waals surface area (Å²) in [5, 5.41) is 12.0. The molecule has 2 atom stereocenters. The standard InChI is InChI=1S/C14H24N4/c1-10(2)15-7-13-5-6-14(17-16-13)18-8-11(3)12(4)9-18/h5-6,10-12,15H,7-9H2,1-4H3. The lowest BCUT2D eigenvalue weighted by Crippen LogP contribution is -2.24. The smallest absolute Gasteiger partial charge is 0.151 e. The molecule has 18 heavy (non-hydrogen) atoms. The Hall–Kier alpha value is -1.16. The van der Waals surface area contributed by atoms with Gasteiger partial charge in [0.25, 0.3) is 0 Å². The van der Waals surface area contributed by atoms with E-state index in [0.717, 1.165) is 43.0 Å². The molecule has 1 saturated heterocycles. The summed E-state index contributed by atoms with van der Waals surface area (Å²) >= 11 is 0. The molecular formula is C14H24N4. The van der Waals surface area contributed by atoms with Crippen LogP contribution < -0.4 is 10.2 Å². The molecule has 0 aliphatic carbocycles. The second-order valence-corrected chi connectivity index (χ2v) is 5.78. The number of anilines is 1. The highest BCUT2D eigenvalue weighted by Crippen LogP contribution is 2.25. The Balaban J connectivity index is 1.95. The highest BCUT2D eigenvalue weighted by molar-refractivity contribution is 5.38. The highest BCUT2D eigenvalue weighted by atomic mass is 15.3. The molecule has 0 bridgehead atoms. The Morgan fingerprint density at radius 3 is 2.39 bits per heavy atom. The minimum absolute atomic E-state index is 0.478. The molecule has 2 heterocycles. The van der Waals surface area contributed by atoms with Crippen molar-refractivity contribution in [2.45, 2.75) is 40.3 Å². The lowest BCUT2D eigenvalue weighted by Gasteiger charge is -2.16. The number of nitrogens with zero attached hydrogens (tertiary/aromatic N) is 3. The van der Waals surface area contributed by atoms with E-state index < -0.39 is 0 Å². The van der Waals surface area contributed by atoms with Crippen LogP contribution in [0.1, 0.15) is 33.4 Å². The van der Waals surface area contributed by atoms with Crippen LogP contribution in [0.5, 0.6) is 0 Å². The first-order valence-electron chi connectivity index (χ1n) is 6.87. The Labute approximate surface area is 110 Å². The predicted molar refractivity (Wildman–Crippen MR) is 74.5 cm³/mol. The van der Waals surface area contributed by atoms with Gasteiger partial charge in [-0.25, -0.2) is 0 Å². The van der Waals surface area contributed by atoms with Crippen LogP contribution in [0, 0.1) is 11.8 Å². The third-order valence-corrected chi connectivity index (χ3v) is 3.71. The van der Waals surface area contributed by atoms with E-state index in [1.807, 2.05) is 0 Å². The van der Waals surface area contributed by atoms with Crippen molar-refractivity contribution in [1.82, 2.24) is 15.5 Å². The maximum Gasteiger partial charge on any atom is 0.151 e. The monoisotopic (exact) mass is 248 g/mol. The lowest BCUT2D eigenvalue weighted by molar-refractivity contribution is 0.494. The molecule has 2 rings (SSSR count). The lowest BCUT2D eigenvalue weighted by atomic mass is 10.0. The SMILES string of the molecule is CC(C)NCc1ccc(N2CC(C)C(C)C2)nn1. The quantitative estimate of drug-likeness (QED) is 0.885. The molecule has 100 valence electrons. The first-order valence-corrected chi connectivity index (χ1v) is 6.87. The van der Waals surface area contributed by atoms with Crippen LogP contribution in [-0.4, -0.2) is 29.3 Å². The molecule has 0 saturated carbocycles. The van der Waals surface area contributed by atoms with Crippen molar-refractivity contribution in [3.05, 3.63) is 17.8 Å². The molecule has 4 heteroatoms. The second-order valence-electron chi connectivity index (χ2n) is 5.78. The van der Waals surface area contributed by atoms with Crippen molar-refractivity contribution < 1.29 is 0 Å². The van der Waals surface area contributed by atoms with Crippen LogP contribution >= 0.6 is 0 Å². The van der Waals surface area contributed by atoms with Crippen molar-refractivity contribution in [3.63, 3.8) is 0 Å². The Morgan fingerprint density at radius 2 is 1.89 bits per heavy atom. The van der Waals surface area contributed by atoms with E-state index in [1.54, 1.807) is 0 Å². The van der Waals surface area contributed by atoms with Crippen molar-refractivity contribution >= 4 is 5.82 Å². The fraction of sp³-hybridized carbons (Fsp3) is 0.714. The van der Waals surface area contributed by atoms with Gasteiger partial charge in [0.2, 0.25) is 0 Å². The van der Waals surface area contributed by atoms with Gasteiger partial charge in [-0.05, 0) is 24.0 Å². The van der Waals surface area contributed by atoms with Crippen LogP contribution in [0.2, 0.25) is 0 Å². The summed E-state index contributed by atoms with van der Waals surface area (Å²) in [7, 11) is 0. The van der Waals surface area contributed by atoms with E-state index in [9.17, 15) is 0 Å². The fourth-order valence-electron chi connectivity index (χ4n) is 2.24. The average molecular weight is 248 g/mol. The summed E-state index contributed by atoms with van der Waals surface area (Å²) in [5.74, 6) is 2.50. The van der Waals surface area contributed by atoms with Gasteiger partial charge in [0.05, 0.1) is 5.69 Å². The van der Waals surface area contributed by atoms with Crippen molar-refractivity contribution in [2.24, 2.45) is 11.8 Å². The third kappa shape index (κ3) is 3.19. The summed E-state index contributed by atoms with van der Waals surface area (Å²) in [6, 6.07) is 4.65. The van der Waals surface area contributed by atoms with E-state index in [0.29, 0.717) is 6.04 Å². The topological polar surface area (TPSA) is 41.0 Å². The van der Waals surface area contributed by atoms with Gasteiger partial charge >= 0.3 is 0 Å². The van der Waals surface area contributed by atoms with E-state index in [2.05, 4.69) is 60.2 Å². The highest BCUT2D eigenvalue weighted by Gasteiger charge is 2.26. The molecular weight excluding hydrogens is 224 g/mol. The van der Waals surface area contributed by atoms with Crippen molar-refractivity contribution in [2.75, 3.05) is 18.0 Å². The van der Waals surface area contributed by atoms with Gasteiger partial charge in [-0.3, -0.25) is 0 Å². The first-order chi connectivity index (χ1) is 8.56. The van der Waals surface area contributed by atoms with Crippen LogP contribution in [0.4, 0.5) is 5.82 Å². The van der Waals surface area contributed by atoms with Crippen LogP contribution in [0.3, 0.4) is 0 Å². The molecule has 2 unspecified atom stereocenters. The maximum atomic E-state index is 4.34. The largest absolute Gasteiger partial charge is 0.355 e. The van der Waals surface area contributed by atoms with Gasteiger partial charge in [-0.15, -0.1) is 5.10 Å². The third-order valence-electron chi connectivity index (χ3n) is 3.71. The molecule has 1 aliphatic heterocycles. The Morgan fingerprint density at radius 1 is 1.22 bits per heavy atom. The van der Waals surface area contributed by atoms with E-state index >= 15 is 0 Å². The van der Waals surface area contributed by atoms with E-state index in [1.165, 1.54) is 0 Å². The zero-order chi connectivity index (χ0) is 13.1. The van der Waals surface area contributed by atoms with Crippen LogP contribution in [0.15, 0.2) is 12.1 Å². The number of aromatic nitrogens is 2. The van der Waals surface area contributed by atoms with Crippen molar-refractivity contribution in [1.29, 1.82) is 0 Å². The molecule has 1 aromatic rings. The second kappa shape index (κ2) is 5.65. The van der Waals surface area contributed by atoms with Gasteiger partial charge < -0.3 is 10.2 Å². The minimum atomic E-state index is 0.478. The molecule has 1 N–H and O–H groups in total. The zero-order valence-electron chi connectivity index (χ0n) is 11.8. The molecule has 4 nitrogen and oxygen atoms in total. The number of nitrogens with one attached hydrogen (secondary N) is 1. The van der Waals surface area contributed by atoms with Gasteiger partial charge in [0.15, 0.2) is 5.82 Å². The summed E-state index contributed by atoms with van der Waals surface area (Å²) in [4.78, 5) is 2.34. The Bertz CT molecular complexity index is 364. The zero-order valence-corrected chi connectivity index (χ0v) is 11.8. The predicted octanol–water partition coefficient (Wildman–Crippen LogP) is 2.07. The average Bonchev–Trinajstić information content (AvgIpc) is 2.68. The molecule has 1 aromatic heterocycles. The van der Waals surface area contributed by atoms with E-state index in [-0.39, 0.29) is 0 Å².